The van der Waals surface area contributed by atoms with Crippen LogP contribution < -0.4 is 0 Å². The van der Waals surface area contributed by atoms with Gasteiger partial charge in [-0.15, -0.1) is 0 Å². The van der Waals surface area contributed by atoms with Crippen LogP contribution in [-0.4, -0.2) is 5.92 Å². The van der Waals surface area contributed by atoms with E-state index in [4.69, 9.17) is 0 Å². The monoisotopic (exact) mass is 685 g/mol. The summed E-state index contributed by atoms with van der Waals surface area (Å²) in [5.41, 5.74) is 14.9. The SMILES string of the molecule is CCC1=Cc2c(-c3cccc4ccccc34)cccc2C1C[SiH]([Zr])CC1C(CC)=Cc2c(-c3cccc4ccccc34)cccc21. The molecule has 46 heavy (non-hydrogen) atoms. The molecule has 0 radical (unpaired) electrons. The molecule has 0 saturated carbocycles. The molecule has 2 aliphatic carbocycles. The van der Waals surface area contributed by atoms with E-state index in [2.05, 4.69) is 147 Å². The van der Waals surface area contributed by atoms with Gasteiger partial charge in [-0.25, -0.2) is 0 Å². The van der Waals surface area contributed by atoms with Gasteiger partial charge < -0.3 is 0 Å². The van der Waals surface area contributed by atoms with Crippen LogP contribution in [0.15, 0.2) is 132 Å². The molecule has 2 unspecified atom stereocenters. The minimum atomic E-state index is -0.982. The van der Waals surface area contributed by atoms with Gasteiger partial charge in [0.2, 0.25) is 0 Å². The van der Waals surface area contributed by atoms with Crippen molar-refractivity contribution in [1.29, 1.82) is 0 Å². The van der Waals surface area contributed by atoms with Gasteiger partial charge in [-0.2, -0.15) is 0 Å². The molecule has 0 heterocycles. The average molecular weight is 687 g/mol. The maximum absolute atomic E-state index is 2.56. The van der Waals surface area contributed by atoms with Gasteiger partial charge in [-0.3, -0.25) is 0 Å². The van der Waals surface area contributed by atoms with Crippen LogP contribution in [0.25, 0.3) is 56.0 Å². The standard InChI is InChI=1S/C44H39Si.Zr/c1-3-29-25-41-37(35-19-9-15-31-13-5-7-17-33(31)35)21-11-23-39(41)43(29)27-45-28-44-30(4-2)26-42-38(22-12-24-40(42)44)36-20-10-16-32-14-6-8-18-34(32)36;/h5-26,43-45H,3-4,27-28H2,1-2H3;. The molecule has 2 heteroatoms. The van der Waals surface area contributed by atoms with E-state index in [9.17, 15) is 0 Å². The fourth-order valence-electron chi connectivity index (χ4n) is 8.38. The van der Waals surface area contributed by atoms with Gasteiger partial charge in [0.1, 0.15) is 0 Å². The second-order valence-electron chi connectivity index (χ2n) is 13.1. The van der Waals surface area contributed by atoms with Crippen LogP contribution in [0.3, 0.4) is 0 Å². The van der Waals surface area contributed by atoms with Crippen LogP contribution in [0.2, 0.25) is 12.1 Å². The zero-order chi connectivity index (χ0) is 31.2. The van der Waals surface area contributed by atoms with Crippen molar-refractivity contribution in [1.82, 2.24) is 0 Å². The summed E-state index contributed by atoms with van der Waals surface area (Å²) in [6, 6.07) is 48.1. The molecule has 6 aromatic rings. The molecule has 223 valence electrons. The summed E-state index contributed by atoms with van der Waals surface area (Å²) in [7, 11) is 0. The zero-order valence-electron chi connectivity index (χ0n) is 26.8. The van der Waals surface area contributed by atoms with E-state index >= 15 is 0 Å². The Bertz CT molecular complexity index is 2000. The van der Waals surface area contributed by atoms with Crippen molar-refractivity contribution >= 4 is 39.6 Å². The zero-order valence-corrected chi connectivity index (χ0v) is 30.4. The fourth-order valence-corrected chi connectivity index (χ4v) is 14.3. The number of hydrogen-bond donors (Lipinski definition) is 0. The summed E-state index contributed by atoms with van der Waals surface area (Å²) < 4.78 is 0. The molecule has 8 rings (SSSR count). The molecular weight excluding hydrogens is 648 g/mol. The first kappa shape index (κ1) is 29.8. The van der Waals surface area contributed by atoms with E-state index in [1.54, 1.807) is 46.2 Å². The summed E-state index contributed by atoms with van der Waals surface area (Å²) in [4.78, 5) is 0. The number of rotatable bonds is 8. The van der Waals surface area contributed by atoms with Crippen molar-refractivity contribution in [2.45, 2.75) is 50.6 Å². The number of allylic oxidation sites excluding steroid dienone is 2. The first-order valence-electron chi connectivity index (χ1n) is 17.0. The van der Waals surface area contributed by atoms with Crippen LogP contribution in [0.4, 0.5) is 0 Å². The predicted molar refractivity (Wildman–Crippen MR) is 198 cm³/mol. The first-order chi connectivity index (χ1) is 22.6. The third kappa shape index (κ3) is 5.15. The van der Waals surface area contributed by atoms with E-state index in [1.165, 1.54) is 67.0 Å². The number of hydrogen-bond acceptors (Lipinski definition) is 0. The van der Waals surface area contributed by atoms with Crippen LogP contribution in [0.5, 0.6) is 0 Å². The van der Waals surface area contributed by atoms with E-state index < -0.39 is 5.92 Å². The van der Waals surface area contributed by atoms with E-state index in [-0.39, 0.29) is 0 Å². The topological polar surface area (TPSA) is 0 Å². The second-order valence-corrected chi connectivity index (χ2v) is 21.4. The Morgan fingerprint density at radius 2 is 0.870 bits per heavy atom. The van der Waals surface area contributed by atoms with Crippen molar-refractivity contribution in [3.05, 3.63) is 155 Å². The summed E-state index contributed by atoms with van der Waals surface area (Å²) in [6.07, 6.45) is 7.39. The van der Waals surface area contributed by atoms with Gasteiger partial charge >= 0.3 is 291 Å². The summed E-state index contributed by atoms with van der Waals surface area (Å²) in [6.45, 7) is 4.73. The van der Waals surface area contributed by atoms with Gasteiger partial charge in [0.05, 0.1) is 0 Å². The maximum atomic E-state index is 2.56. The third-order valence-electron chi connectivity index (χ3n) is 10.6. The van der Waals surface area contributed by atoms with Gasteiger partial charge in [0.25, 0.3) is 0 Å². The molecule has 0 amide bonds. The average Bonchev–Trinajstić information content (AvgIpc) is 3.65. The Morgan fingerprint density at radius 3 is 1.33 bits per heavy atom. The molecule has 0 N–H and O–H groups in total. The summed E-state index contributed by atoms with van der Waals surface area (Å²) in [5, 5.41) is 5.33. The Hall–Kier alpha value is -3.58. The van der Waals surface area contributed by atoms with Crippen LogP contribution in [0, 0.1) is 0 Å². The van der Waals surface area contributed by atoms with Crippen LogP contribution in [-0.2, 0) is 23.9 Å². The molecule has 0 spiro atoms. The predicted octanol–water partition coefficient (Wildman–Crippen LogP) is 12.1. The molecule has 0 saturated heterocycles. The summed E-state index contributed by atoms with van der Waals surface area (Å²) >= 11 is 1.80. The normalized spacial score (nSPS) is 17.5. The van der Waals surface area contributed by atoms with Gasteiger partial charge in [-0.05, 0) is 0 Å². The third-order valence-corrected chi connectivity index (χ3v) is 16.2. The second kappa shape index (κ2) is 12.6. The Morgan fingerprint density at radius 1 is 0.478 bits per heavy atom. The molecule has 2 aliphatic rings. The Kier molecular flexibility index (Phi) is 8.13. The first-order valence-corrected chi connectivity index (χ1v) is 23.5. The van der Waals surface area contributed by atoms with Gasteiger partial charge in [0, 0.05) is 0 Å². The van der Waals surface area contributed by atoms with Gasteiger partial charge in [-0.1, -0.05) is 0 Å². The quantitative estimate of drug-likeness (QED) is 0.140. The van der Waals surface area contributed by atoms with Crippen molar-refractivity contribution in [3.8, 4) is 22.3 Å². The van der Waals surface area contributed by atoms with Crippen molar-refractivity contribution < 1.29 is 23.9 Å². The van der Waals surface area contributed by atoms with Crippen molar-refractivity contribution in [2.24, 2.45) is 0 Å². The van der Waals surface area contributed by atoms with Crippen molar-refractivity contribution in [2.75, 3.05) is 0 Å². The van der Waals surface area contributed by atoms with Gasteiger partial charge in [0.15, 0.2) is 0 Å². The van der Waals surface area contributed by atoms with Crippen molar-refractivity contribution in [3.63, 3.8) is 0 Å². The minimum absolute atomic E-state index is 0.572. The molecule has 0 aromatic heterocycles. The summed E-state index contributed by atoms with van der Waals surface area (Å²) in [5.74, 6) is 0.162. The molecule has 0 bridgehead atoms. The van der Waals surface area contributed by atoms with E-state index in [0.717, 1.165) is 12.8 Å². The molecule has 2 atom stereocenters. The molecule has 6 aromatic carbocycles. The molecule has 0 aliphatic heterocycles. The van der Waals surface area contributed by atoms with E-state index in [1.807, 2.05) is 0 Å². The van der Waals surface area contributed by atoms with Crippen LogP contribution >= 0.6 is 0 Å². The number of benzene rings is 6. The fraction of sp³-hybridized carbons (Fsp3) is 0.182. The molecule has 0 nitrogen and oxygen atoms in total. The molecule has 0 fully saturated rings. The molecular formula is C44H39SiZr. The van der Waals surface area contributed by atoms with Crippen LogP contribution in [0.1, 0.15) is 60.8 Å². The van der Waals surface area contributed by atoms with E-state index in [0.29, 0.717) is 11.8 Å². The Labute approximate surface area is 289 Å². The Balaban J connectivity index is 1.10. The number of fused-ring (bicyclic) bond motifs is 4.